The van der Waals surface area contributed by atoms with E-state index in [1.807, 2.05) is 0 Å². The number of hydrogen-bond donors (Lipinski definition) is 3. The normalized spacial score (nSPS) is 11.4. The second kappa shape index (κ2) is 5.49. The van der Waals surface area contributed by atoms with Crippen LogP contribution in [0.5, 0.6) is 0 Å². The highest BCUT2D eigenvalue weighted by Gasteiger charge is 2.21. The molecule has 0 bridgehead atoms. The second-order valence-electron chi connectivity index (χ2n) is 4.23. The molecule has 0 aliphatic rings. The number of anilines is 1. The van der Waals surface area contributed by atoms with Crippen LogP contribution in [0.25, 0.3) is 0 Å². The Labute approximate surface area is 128 Å². The highest BCUT2D eigenvalue weighted by atomic mass is 79.9. The van der Waals surface area contributed by atoms with Crippen LogP contribution < -0.4 is 4.72 Å². The van der Waals surface area contributed by atoms with E-state index in [2.05, 4.69) is 25.6 Å². The summed E-state index contributed by atoms with van der Waals surface area (Å²) >= 11 is 2.92. The molecule has 6 nitrogen and oxygen atoms in total. The molecule has 0 fully saturated rings. The number of carboxylic acid groups (broad SMARTS) is 1. The molecule has 0 atom stereocenters. The van der Waals surface area contributed by atoms with Crippen LogP contribution in [0.4, 0.5) is 10.1 Å². The van der Waals surface area contributed by atoms with Crippen LogP contribution in [0, 0.1) is 12.7 Å². The first kappa shape index (κ1) is 15.5. The Bertz CT molecular complexity index is 817. The number of aromatic carboxylic acids is 1. The van der Waals surface area contributed by atoms with E-state index in [-0.39, 0.29) is 20.7 Å². The number of nitrogens with one attached hydrogen (secondary N) is 2. The Balaban J connectivity index is 2.42. The maximum atomic E-state index is 13.4. The Morgan fingerprint density at radius 1 is 1.38 bits per heavy atom. The van der Waals surface area contributed by atoms with Crippen LogP contribution in [-0.4, -0.2) is 24.5 Å². The highest BCUT2D eigenvalue weighted by molar-refractivity contribution is 9.10. The summed E-state index contributed by atoms with van der Waals surface area (Å²) in [7, 11) is -4.09. The van der Waals surface area contributed by atoms with Crippen LogP contribution in [-0.2, 0) is 10.0 Å². The molecule has 0 aliphatic heterocycles. The number of carbonyl (C=O) groups is 1. The van der Waals surface area contributed by atoms with Gasteiger partial charge in [-0.2, -0.15) is 0 Å². The van der Waals surface area contributed by atoms with Crippen LogP contribution >= 0.6 is 15.9 Å². The zero-order valence-electron chi connectivity index (χ0n) is 10.6. The van der Waals surface area contributed by atoms with Gasteiger partial charge in [0.05, 0.1) is 15.1 Å². The van der Waals surface area contributed by atoms with Crippen molar-refractivity contribution in [2.75, 3.05) is 4.72 Å². The summed E-state index contributed by atoms with van der Waals surface area (Å²) in [4.78, 5) is 13.2. The zero-order chi connectivity index (χ0) is 15.8. The zero-order valence-corrected chi connectivity index (χ0v) is 13.0. The molecule has 3 N–H and O–H groups in total. The molecule has 1 aromatic carbocycles. The van der Waals surface area contributed by atoms with Crippen LogP contribution in [0.2, 0.25) is 0 Å². The monoisotopic (exact) mass is 376 g/mol. The van der Waals surface area contributed by atoms with E-state index in [1.54, 1.807) is 6.92 Å². The molecule has 0 saturated carbocycles. The number of halogens is 2. The van der Waals surface area contributed by atoms with E-state index in [1.165, 1.54) is 18.2 Å². The average Bonchev–Trinajstić information content (AvgIpc) is 2.73. The molecular formula is C12H10BrFN2O4S. The van der Waals surface area contributed by atoms with Crippen molar-refractivity contribution in [1.82, 2.24) is 4.98 Å². The Kier molecular flexibility index (Phi) is 4.06. The smallest absolute Gasteiger partial charge is 0.354 e. The summed E-state index contributed by atoms with van der Waals surface area (Å²) in [6.07, 6.45) is 0. The number of aromatic amines is 1. The molecule has 2 aromatic rings. The minimum atomic E-state index is -4.09. The van der Waals surface area contributed by atoms with Crippen molar-refractivity contribution in [1.29, 1.82) is 0 Å². The van der Waals surface area contributed by atoms with Gasteiger partial charge in [-0.1, -0.05) is 0 Å². The molecule has 1 heterocycles. The molecule has 112 valence electrons. The van der Waals surface area contributed by atoms with Crippen LogP contribution in [0.3, 0.4) is 0 Å². The van der Waals surface area contributed by atoms with Gasteiger partial charge >= 0.3 is 5.97 Å². The second-order valence-corrected chi connectivity index (χ2v) is 6.76. The van der Waals surface area contributed by atoms with E-state index >= 15 is 0 Å². The fourth-order valence-corrected chi connectivity index (χ4v) is 3.01. The lowest BCUT2D eigenvalue weighted by Gasteiger charge is -2.08. The van der Waals surface area contributed by atoms with Gasteiger partial charge in [-0.3, -0.25) is 4.72 Å². The average molecular weight is 377 g/mol. The van der Waals surface area contributed by atoms with Crippen molar-refractivity contribution in [2.45, 2.75) is 11.8 Å². The van der Waals surface area contributed by atoms with Gasteiger partial charge in [0.1, 0.15) is 11.5 Å². The number of sulfonamides is 1. The van der Waals surface area contributed by atoms with Gasteiger partial charge in [0.15, 0.2) is 0 Å². The lowest BCUT2D eigenvalue weighted by molar-refractivity contribution is 0.0692. The quantitative estimate of drug-likeness (QED) is 0.763. The number of aryl methyl sites for hydroxylation is 1. The van der Waals surface area contributed by atoms with Crippen molar-refractivity contribution >= 4 is 37.6 Å². The summed E-state index contributed by atoms with van der Waals surface area (Å²) in [5.74, 6) is -2.04. The van der Waals surface area contributed by atoms with Gasteiger partial charge in [0.25, 0.3) is 10.0 Å². The largest absolute Gasteiger partial charge is 0.477 e. The van der Waals surface area contributed by atoms with E-state index in [4.69, 9.17) is 5.11 Å². The lowest BCUT2D eigenvalue weighted by atomic mass is 10.3. The molecule has 0 saturated heterocycles. The van der Waals surface area contributed by atoms with Crippen molar-refractivity contribution < 1.29 is 22.7 Å². The predicted octanol–water partition coefficient (Wildman–Crippen LogP) is 2.72. The molecular weight excluding hydrogens is 367 g/mol. The van der Waals surface area contributed by atoms with Crippen LogP contribution in [0.15, 0.2) is 33.6 Å². The predicted molar refractivity (Wildman–Crippen MR) is 77.4 cm³/mol. The van der Waals surface area contributed by atoms with Crippen molar-refractivity contribution in [3.63, 3.8) is 0 Å². The fraction of sp³-hybridized carbons (Fsp3) is 0.0833. The van der Waals surface area contributed by atoms with Gasteiger partial charge in [-0.25, -0.2) is 17.6 Å². The Hall–Kier alpha value is -1.87. The maximum Gasteiger partial charge on any atom is 0.354 e. The number of benzene rings is 1. The molecule has 1 aromatic heterocycles. The first-order valence-electron chi connectivity index (χ1n) is 5.61. The molecule has 0 unspecified atom stereocenters. The summed E-state index contributed by atoms with van der Waals surface area (Å²) in [5.41, 5.74) is 0.0871. The summed E-state index contributed by atoms with van der Waals surface area (Å²) in [5, 5.41) is 8.99. The van der Waals surface area contributed by atoms with E-state index in [0.717, 1.165) is 6.07 Å². The standard InChI is InChI=1S/C12H10BrFN2O4S/c1-6-4-10(11(15-6)12(17)18)16-21(19,20)7-2-3-8(13)9(14)5-7/h2-5,15-16H,1H3,(H,17,18). The summed E-state index contributed by atoms with van der Waals surface area (Å²) in [6.45, 7) is 1.59. The molecule has 21 heavy (non-hydrogen) atoms. The molecule has 0 amide bonds. The van der Waals surface area contributed by atoms with Crippen molar-refractivity contribution in [3.8, 4) is 0 Å². The Morgan fingerprint density at radius 2 is 2.05 bits per heavy atom. The third-order valence-corrected chi connectivity index (χ3v) is 4.62. The highest BCUT2D eigenvalue weighted by Crippen LogP contribution is 2.24. The molecule has 0 spiro atoms. The third kappa shape index (κ3) is 3.24. The fourth-order valence-electron chi connectivity index (χ4n) is 1.69. The lowest BCUT2D eigenvalue weighted by Crippen LogP contribution is -2.15. The van der Waals surface area contributed by atoms with Gasteiger partial charge in [-0.05, 0) is 47.1 Å². The van der Waals surface area contributed by atoms with E-state index in [0.29, 0.717) is 5.69 Å². The third-order valence-electron chi connectivity index (χ3n) is 2.61. The number of aromatic nitrogens is 1. The first-order valence-corrected chi connectivity index (χ1v) is 7.89. The van der Waals surface area contributed by atoms with Crippen molar-refractivity contribution in [2.24, 2.45) is 0 Å². The maximum absolute atomic E-state index is 13.4. The number of carboxylic acids is 1. The van der Waals surface area contributed by atoms with Gasteiger partial charge in [0, 0.05) is 5.69 Å². The molecule has 0 aliphatic carbocycles. The SMILES string of the molecule is Cc1cc(NS(=O)(=O)c2ccc(Br)c(F)c2)c(C(=O)O)[nH]1. The summed E-state index contributed by atoms with van der Waals surface area (Å²) in [6, 6.07) is 4.64. The van der Waals surface area contributed by atoms with E-state index in [9.17, 15) is 17.6 Å². The first-order chi connectivity index (χ1) is 9.70. The minimum absolute atomic E-state index is 0.108. The van der Waals surface area contributed by atoms with Crippen LogP contribution in [0.1, 0.15) is 16.2 Å². The van der Waals surface area contributed by atoms with Gasteiger partial charge < -0.3 is 10.1 Å². The van der Waals surface area contributed by atoms with Gasteiger partial charge in [-0.15, -0.1) is 0 Å². The number of H-pyrrole nitrogens is 1. The van der Waals surface area contributed by atoms with Crippen molar-refractivity contribution in [3.05, 3.63) is 45.9 Å². The molecule has 2 rings (SSSR count). The number of hydrogen-bond acceptors (Lipinski definition) is 3. The molecule has 9 heteroatoms. The van der Waals surface area contributed by atoms with E-state index < -0.39 is 21.8 Å². The molecule has 0 radical (unpaired) electrons. The number of rotatable bonds is 4. The summed E-state index contributed by atoms with van der Waals surface area (Å²) < 4.78 is 40.0. The van der Waals surface area contributed by atoms with Gasteiger partial charge in [0.2, 0.25) is 0 Å². The topological polar surface area (TPSA) is 99.3 Å². The Morgan fingerprint density at radius 3 is 2.62 bits per heavy atom. The minimum Gasteiger partial charge on any atom is -0.477 e.